The molecule has 0 bridgehead atoms. The first-order valence-electron chi connectivity index (χ1n) is 8.21. The van der Waals surface area contributed by atoms with Crippen LogP contribution in [0.4, 0.5) is 0 Å². The third-order valence-corrected chi connectivity index (χ3v) is 4.01. The SMILES string of the molecule is COCC#Cc1cnc2ccc(OC(SC)C(=O)NC(C)(C)C)cc2c1. The Morgan fingerprint density at radius 3 is 2.77 bits per heavy atom. The van der Waals surface area contributed by atoms with Crippen LogP contribution >= 0.6 is 11.8 Å². The second-order valence-corrected chi connectivity index (χ2v) is 7.64. The Morgan fingerprint density at radius 1 is 1.35 bits per heavy atom. The molecule has 2 rings (SSSR count). The summed E-state index contributed by atoms with van der Waals surface area (Å²) in [5, 5.41) is 3.84. The number of nitrogens with zero attached hydrogens (tertiary/aromatic N) is 1. The minimum Gasteiger partial charge on any atom is -0.470 e. The van der Waals surface area contributed by atoms with Crippen molar-refractivity contribution in [2.24, 2.45) is 0 Å². The molecule has 6 heteroatoms. The number of hydrogen-bond acceptors (Lipinski definition) is 5. The quantitative estimate of drug-likeness (QED) is 0.645. The number of nitrogens with one attached hydrogen (secondary N) is 1. The van der Waals surface area contributed by atoms with E-state index in [0.717, 1.165) is 16.5 Å². The minimum atomic E-state index is -0.621. The van der Waals surface area contributed by atoms with E-state index in [9.17, 15) is 4.79 Å². The maximum Gasteiger partial charge on any atom is 0.272 e. The van der Waals surface area contributed by atoms with E-state index in [0.29, 0.717) is 12.4 Å². The number of carbonyl (C=O) groups excluding carboxylic acids is 1. The topological polar surface area (TPSA) is 60.5 Å². The zero-order valence-electron chi connectivity index (χ0n) is 15.8. The van der Waals surface area contributed by atoms with Crippen LogP contribution in [0.5, 0.6) is 5.75 Å². The van der Waals surface area contributed by atoms with Crippen LogP contribution in [-0.2, 0) is 9.53 Å². The predicted octanol–water partition coefficient (Wildman–Crippen LogP) is 3.22. The van der Waals surface area contributed by atoms with Crippen LogP contribution in [0.3, 0.4) is 0 Å². The number of rotatable bonds is 5. The molecule has 0 spiro atoms. The predicted molar refractivity (Wildman–Crippen MR) is 106 cm³/mol. The van der Waals surface area contributed by atoms with Gasteiger partial charge in [-0.15, -0.1) is 11.8 Å². The van der Waals surface area contributed by atoms with Gasteiger partial charge in [-0.3, -0.25) is 9.78 Å². The molecule has 0 aliphatic carbocycles. The zero-order chi connectivity index (χ0) is 19.2. The van der Waals surface area contributed by atoms with Crippen LogP contribution in [0.25, 0.3) is 10.9 Å². The van der Waals surface area contributed by atoms with E-state index in [4.69, 9.17) is 9.47 Å². The molecule has 0 aliphatic heterocycles. The molecule has 1 aromatic heterocycles. The molecular weight excluding hydrogens is 348 g/mol. The Balaban J connectivity index is 2.21. The maximum atomic E-state index is 12.4. The van der Waals surface area contributed by atoms with E-state index < -0.39 is 5.44 Å². The number of methoxy groups -OCH3 is 1. The average Bonchev–Trinajstić information content (AvgIpc) is 2.58. The average molecular weight is 372 g/mol. The molecule has 1 aromatic carbocycles. The summed E-state index contributed by atoms with van der Waals surface area (Å²) in [6.45, 7) is 6.20. The number of benzene rings is 1. The smallest absolute Gasteiger partial charge is 0.272 e. The summed E-state index contributed by atoms with van der Waals surface area (Å²) >= 11 is 1.35. The Hall–Kier alpha value is -2.23. The lowest BCUT2D eigenvalue weighted by Crippen LogP contribution is -2.46. The van der Waals surface area contributed by atoms with Crippen molar-refractivity contribution in [3.05, 3.63) is 36.0 Å². The highest BCUT2D eigenvalue weighted by molar-refractivity contribution is 7.99. The lowest BCUT2D eigenvalue weighted by atomic mass is 10.1. The van der Waals surface area contributed by atoms with Crippen molar-refractivity contribution in [2.75, 3.05) is 20.0 Å². The van der Waals surface area contributed by atoms with Gasteiger partial charge in [0.15, 0.2) is 0 Å². The van der Waals surface area contributed by atoms with E-state index >= 15 is 0 Å². The molecule has 0 saturated heterocycles. The summed E-state index contributed by atoms with van der Waals surface area (Å²) < 4.78 is 10.8. The second kappa shape index (κ2) is 8.93. The van der Waals surface area contributed by atoms with Gasteiger partial charge in [-0.05, 0) is 51.3 Å². The van der Waals surface area contributed by atoms with Gasteiger partial charge in [0.2, 0.25) is 5.44 Å². The largest absolute Gasteiger partial charge is 0.470 e. The molecule has 0 saturated carbocycles. The summed E-state index contributed by atoms with van der Waals surface area (Å²) in [4.78, 5) is 16.8. The molecule has 2 aromatic rings. The maximum absolute atomic E-state index is 12.4. The Bertz CT molecular complexity index is 834. The van der Waals surface area contributed by atoms with Crippen molar-refractivity contribution in [1.82, 2.24) is 10.3 Å². The molecule has 1 unspecified atom stereocenters. The van der Waals surface area contributed by atoms with E-state index in [1.165, 1.54) is 11.8 Å². The van der Waals surface area contributed by atoms with Gasteiger partial charge in [0, 0.05) is 29.8 Å². The summed E-state index contributed by atoms with van der Waals surface area (Å²) in [7, 11) is 1.61. The summed E-state index contributed by atoms with van der Waals surface area (Å²) in [5.74, 6) is 6.38. The molecule has 1 atom stereocenters. The summed E-state index contributed by atoms with van der Waals surface area (Å²) in [5.41, 5.74) is 0.717. The monoisotopic (exact) mass is 372 g/mol. The van der Waals surface area contributed by atoms with Gasteiger partial charge in [0.25, 0.3) is 5.91 Å². The minimum absolute atomic E-state index is 0.151. The first-order valence-corrected chi connectivity index (χ1v) is 9.50. The number of pyridine rings is 1. The van der Waals surface area contributed by atoms with Crippen molar-refractivity contribution in [3.8, 4) is 17.6 Å². The van der Waals surface area contributed by atoms with Gasteiger partial charge >= 0.3 is 0 Å². The Labute approximate surface area is 158 Å². The zero-order valence-corrected chi connectivity index (χ0v) is 16.6. The third kappa shape index (κ3) is 5.94. The molecule has 0 radical (unpaired) electrons. The molecule has 1 N–H and O–H groups in total. The number of aromatic nitrogens is 1. The van der Waals surface area contributed by atoms with Crippen LogP contribution in [0.2, 0.25) is 0 Å². The Kier molecular flexibility index (Phi) is 6.90. The second-order valence-electron chi connectivity index (χ2n) is 6.74. The van der Waals surface area contributed by atoms with E-state index in [1.54, 1.807) is 13.3 Å². The fourth-order valence-electron chi connectivity index (χ4n) is 2.22. The van der Waals surface area contributed by atoms with Gasteiger partial charge < -0.3 is 14.8 Å². The number of thioether (sulfide) groups is 1. The first-order chi connectivity index (χ1) is 12.3. The lowest BCUT2D eigenvalue weighted by molar-refractivity contribution is -0.125. The van der Waals surface area contributed by atoms with Crippen LogP contribution in [-0.4, -0.2) is 41.8 Å². The van der Waals surface area contributed by atoms with Gasteiger partial charge in [0.05, 0.1) is 5.52 Å². The standard InChI is InChI=1S/C20H24N2O3S/c1-20(2,3)22-18(23)19(26-5)25-16-8-9-17-15(12-16)11-14(13-21-17)7-6-10-24-4/h8-9,11-13,19H,10H2,1-5H3,(H,22,23). The molecule has 26 heavy (non-hydrogen) atoms. The number of amides is 1. The normalized spacial score (nSPS) is 12.2. The van der Waals surface area contributed by atoms with Gasteiger partial charge in [0.1, 0.15) is 12.4 Å². The number of fused-ring (bicyclic) bond motifs is 1. The fraction of sp³-hybridized carbons (Fsp3) is 0.400. The van der Waals surface area contributed by atoms with Gasteiger partial charge in [-0.2, -0.15) is 0 Å². The van der Waals surface area contributed by atoms with E-state index in [2.05, 4.69) is 22.1 Å². The van der Waals surface area contributed by atoms with E-state index in [-0.39, 0.29) is 11.4 Å². The van der Waals surface area contributed by atoms with Crippen LogP contribution < -0.4 is 10.1 Å². The summed E-state index contributed by atoms with van der Waals surface area (Å²) in [6, 6.07) is 7.51. The highest BCUT2D eigenvalue weighted by atomic mass is 32.2. The van der Waals surface area contributed by atoms with Crippen LogP contribution in [0, 0.1) is 11.8 Å². The molecule has 138 valence electrons. The van der Waals surface area contributed by atoms with E-state index in [1.807, 2.05) is 51.3 Å². The van der Waals surface area contributed by atoms with Crippen molar-refractivity contribution >= 4 is 28.6 Å². The summed E-state index contributed by atoms with van der Waals surface area (Å²) in [6.07, 6.45) is 3.58. The first kappa shape index (κ1) is 20.1. The van der Waals surface area contributed by atoms with Gasteiger partial charge in [-0.1, -0.05) is 11.8 Å². The number of carbonyl (C=O) groups is 1. The van der Waals surface area contributed by atoms with Crippen LogP contribution in [0.15, 0.2) is 30.5 Å². The fourth-order valence-corrected chi connectivity index (χ4v) is 2.70. The highest BCUT2D eigenvalue weighted by Gasteiger charge is 2.23. The molecule has 0 aliphatic rings. The number of ether oxygens (including phenoxy) is 2. The molecule has 1 amide bonds. The molecule has 0 fully saturated rings. The van der Waals surface area contributed by atoms with Gasteiger partial charge in [-0.25, -0.2) is 0 Å². The molecular formula is C20H24N2O3S. The Morgan fingerprint density at radius 2 is 2.12 bits per heavy atom. The third-order valence-electron chi connectivity index (χ3n) is 3.27. The lowest BCUT2D eigenvalue weighted by Gasteiger charge is -2.24. The van der Waals surface area contributed by atoms with Crippen molar-refractivity contribution in [2.45, 2.75) is 31.7 Å². The van der Waals surface area contributed by atoms with Crippen molar-refractivity contribution < 1.29 is 14.3 Å². The highest BCUT2D eigenvalue weighted by Crippen LogP contribution is 2.23. The molecule has 1 heterocycles. The number of hydrogen-bond donors (Lipinski definition) is 1. The van der Waals surface area contributed by atoms with Crippen LogP contribution in [0.1, 0.15) is 26.3 Å². The molecule has 5 nitrogen and oxygen atoms in total. The van der Waals surface area contributed by atoms with Crippen molar-refractivity contribution in [1.29, 1.82) is 0 Å². The van der Waals surface area contributed by atoms with Crippen molar-refractivity contribution in [3.63, 3.8) is 0 Å².